The molecule has 11 heavy (non-hydrogen) atoms. The highest BCUT2D eigenvalue weighted by Gasteiger charge is 2.46. The normalized spacial score (nSPS) is 48.5. The molecule has 0 spiro atoms. The summed E-state index contributed by atoms with van der Waals surface area (Å²) in [7, 11) is 0. The Balaban J connectivity index is 1.58. The summed E-state index contributed by atoms with van der Waals surface area (Å²) in [6.45, 7) is 0. The first-order chi connectivity index (χ1) is 5.43. The summed E-state index contributed by atoms with van der Waals surface area (Å²) in [5.74, 6) is 4.78. The molecular weight excluding hydrogens is 132 g/mol. The van der Waals surface area contributed by atoms with Crippen LogP contribution in [0, 0.1) is 23.7 Å². The Bertz CT molecular complexity index is 157. The van der Waals surface area contributed by atoms with Crippen LogP contribution in [-0.2, 0) is 0 Å². The van der Waals surface area contributed by atoms with Crippen molar-refractivity contribution in [2.45, 2.75) is 44.9 Å². The maximum atomic E-state index is 1.61. The van der Waals surface area contributed by atoms with Gasteiger partial charge in [0.05, 0.1) is 0 Å². The second-order valence-electron chi connectivity index (χ2n) is 5.03. The highest BCUT2D eigenvalue weighted by Crippen LogP contribution is 2.56. The van der Waals surface area contributed by atoms with Crippen molar-refractivity contribution in [3.8, 4) is 0 Å². The SMILES string of the molecule is C1CC(CC2CC2)C2CC2C1. The Morgan fingerprint density at radius 2 is 1.91 bits per heavy atom. The summed E-state index contributed by atoms with van der Waals surface area (Å²) in [6.07, 6.45) is 11.1. The van der Waals surface area contributed by atoms with Crippen molar-refractivity contribution in [3.05, 3.63) is 0 Å². The molecule has 3 unspecified atom stereocenters. The fraction of sp³-hybridized carbons (Fsp3) is 1.00. The molecule has 0 heteroatoms. The van der Waals surface area contributed by atoms with Gasteiger partial charge in [0.1, 0.15) is 0 Å². The van der Waals surface area contributed by atoms with Crippen molar-refractivity contribution < 1.29 is 0 Å². The maximum absolute atomic E-state index is 1.61. The molecule has 3 saturated carbocycles. The molecule has 0 radical (unpaired) electrons. The largest absolute Gasteiger partial charge is 0.0528 e. The van der Waals surface area contributed by atoms with Gasteiger partial charge in [-0.15, -0.1) is 0 Å². The van der Waals surface area contributed by atoms with Crippen LogP contribution in [0.1, 0.15) is 44.9 Å². The van der Waals surface area contributed by atoms with Gasteiger partial charge in [-0.05, 0) is 36.5 Å². The Kier molecular flexibility index (Phi) is 1.33. The van der Waals surface area contributed by atoms with E-state index in [0.717, 1.165) is 0 Å². The zero-order chi connectivity index (χ0) is 7.26. The van der Waals surface area contributed by atoms with Gasteiger partial charge in [-0.25, -0.2) is 0 Å². The molecule has 0 aromatic carbocycles. The van der Waals surface area contributed by atoms with Gasteiger partial charge in [-0.2, -0.15) is 0 Å². The summed E-state index contributed by atoms with van der Waals surface area (Å²) in [5, 5.41) is 0. The molecule has 3 fully saturated rings. The fourth-order valence-electron chi connectivity index (χ4n) is 3.11. The van der Waals surface area contributed by atoms with E-state index in [9.17, 15) is 0 Å². The number of hydrogen-bond acceptors (Lipinski definition) is 0. The standard InChI is InChI=1S/C11H18/c1-2-9(6-8-4-5-8)11-7-10(11)3-1/h8-11H,1-7H2. The first-order valence-corrected chi connectivity index (χ1v) is 5.43. The lowest BCUT2D eigenvalue weighted by atomic mass is 9.85. The third-order valence-electron chi connectivity index (χ3n) is 4.07. The van der Waals surface area contributed by atoms with Crippen molar-refractivity contribution in [1.29, 1.82) is 0 Å². The predicted molar refractivity (Wildman–Crippen MR) is 46.3 cm³/mol. The van der Waals surface area contributed by atoms with E-state index in [4.69, 9.17) is 0 Å². The summed E-state index contributed by atoms with van der Waals surface area (Å²) in [4.78, 5) is 0. The minimum Gasteiger partial charge on any atom is -0.0528 e. The molecular formula is C11H18. The molecule has 62 valence electrons. The zero-order valence-corrected chi connectivity index (χ0v) is 7.26. The highest BCUT2D eigenvalue weighted by molar-refractivity contribution is 4.96. The minimum absolute atomic E-state index is 1.18. The molecule has 0 N–H and O–H groups in total. The predicted octanol–water partition coefficient (Wildman–Crippen LogP) is 3.22. The topological polar surface area (TPSA) is 0 Å². The molecule has 3 aliphatic carbocycles. The van der Waals surface area contributed by atoms with E-state index in [-0.39, 0.29) is 0 Å². The van der Waals surface area contributed by atoms with Gasteiger partial charge >= 0.3 is 0 Å². The van der Waals surface area contributed by atoms with Gasteiger partial charge in [0.25, 0.3) is 0 Å². The van der Waals surface area contributed by atoms with Gasteiger partial charge in [-0.3, -0.25) is 0 Å². The fourth-order valence-corrected chi connectivity index (χ4v) is 3.11. The van der Waals surface area contributed by atoms with Crippen LogP contribution in [-0.4, -0.2) is 0 Å². The lowest BCUT2D eigenvalue weighted by Crippen LogP contribution is -2.10. The quantitative estimate of drug-likeness (QED) is 0.567. The minimum atomic E-state index is 1.18. The van der Waals surface area contributed by atoms with Crippen LogP contribution in [0.15, 0.2) is 0 Å². The molecule has 0 saturated heterocycles. The van der Waals surface area contributed by atoms with Gasteiger partial charge in [-0.1, -0.05) is 32.1 Å². The van der Waals surface area contributed by atoms with E-state index in [1.54, 1.807) is 44.9 Å². The maximum Gasteiger partial charge on any atom is -0.0354 e. The number of fused-ring (bicyclic) bond motifs is 1. The Morgan fingerprint density at radius 3 is 2.73 bits per heavy atom. The van der Waals surface area contributed by atoms with Crippen molar-refractivity contribution in [2.75, 3.05) is 0 Å². The van der Waals surface area contributed by atoms with E-state index >= 15 is 0 Å². The van der Waals surface area contributed by atoms with Gasteiger partial charge in [0.2, 0.25) is 0 Å². The monoisotopic (exact) mass is 150 g/mol. The van der Waals surface area contributed by atoms with Crippen LogP contribution in [0.25, 0.3) is 0 Å². The zero-order valence-electron chi connectivity index (χ0n) is 7.26. The van der Waals surface area contributed by atoms with Crippen LogP contribution >= 0.6 is 0 Å². The second-order valence-corrected chi connectivity index (χ2v) is 5.03. The first kappa shape index (κ1) is 6.51. The van der Waals surface area contributed by atoms with Crippen molar-refractivity contribution >= 4 is 0 Å². The van der Waals surface area contributed by atoms with E-state index in [2.05, 4.69) is 0 Å². The van der Waals surface area contributed by atoms with Crippen LogP contribution in [0.4, 0.5) is 0 Å². The smallest absolute Gasteiger partial charge is 0.0354 e. The summed E-state index contributed by atoms with van der Waals surface area (Å²) in [6, 6.07) is 0. The van der Waals surface area contributed by atoms with E-state index in [0.29, 0.717) is 0 Å². The van der Waals surface area contributed by atoms with Crippen LogP contribution in [0.5, 0.6) is 0 Å². The second kappa shape index (κ2) is 2.24. The third-order valence-corrected chi connectivity index (χ3v) is 4.07. The average Bonchev–Trinajstić information content (AvgIpc) is 2.80. The van der Waals surface area contributed by atoms with Gasteiger partial charge in [0.15, 0.2) is 0 Å². The van der Waals surface area contributed by atoms with Gasteiger partial charge < -0.3 is 0 Å². The van der Waals surface area contributed by atoms with Crippen molar-refractivity contribution in [2.24, 2.45) is 23.7 Å². The number of rotatable bonds is 2. The van der Waals surface area contributed by atoms with E-state index in [1.807, 2.05) is 0 Å². The van der Waals surface area contributed by atoms with E-state index < -0.39 is 0 Å². The van der Waals surface area contributed by atoms with Crippen molar-refractivity contribution in [1.82, 2.24) is 0 Å². The molecule has 0 heterocycles. The summed E-state index contributed by atoms with van der Waals surface area (Å²) < 4.78 is 0. The van der Waals surface area contributed by atoms with E-state index in [1.165, 1.54) is 23.7 Å². The summed E-state index contributed by atoms with van der Waals surface area (Å²) in [5.41, 5.74) is 0. The van der Waals surface area contributed by atoms with Crippen LogP contribution < -0.4 is 0 Å². The molecule has 3 atom stereocenters. The molecule has 0 bridgehead atoms. The molecule has 0 nitrogen and oxygen atoms in total. The lowest BCUT2D eigenvalue weighted by Gasteiger charge is -2.20. The molecule has 0 aliphatic heterocycles. The Morgan fingerprint density at radius 1 is 1.00 bits per heavy atom. The highest BCUT2D eigenvalue weighted by atomic mass is 14.5. The molecule has 3 rings (SSSR count). The molecule has 0 aromatic heterocycles. The number of hydrogen-bond donors (Lipinski definition) is 0. The Labute approximate surface area is 69.4 Å². The third kappa shape index (κ3) is 1.21. The summed E-state index contributed by atoms with van der Waals surface area (Å²) >= 11 is 0. The molecule has 0 amide bonds. The van der Waals surface area contributed by atoms with Crippen molar-refractivity contribution in [3.63, 3.8) is 0 Å². The molecule has 3 aliphatic rings. The van der Waals surface area contributed by atoms with Gasteiger partial charge in [0, 0.05) is 0 Å². The van der Waals surface area contributed by atoms with Crippen LogP contribution in [0.3, 0.4) is 0 Å². The van der Waals surface area contributed by atoms with Crippen LogP contribution in [0.2, 0.25) is 0 Å². The molecule has 0 aromatic rings. The Hall–Kier alpha value is 0. The lowest BCUT2D eigenvalue weighted by molar-refractivity contribution is 0.304. The average molecular weight is 150 g/mol. The first-order valence-electron chi connectivity index (χ1n) is 5.43.